The molecule has 0 radical (unpaired) electrons. The molecule has 2 amide bonds. The number of aromatic hydroxyl groups is 1. The van der Waals surface area contributed by atoms with E-state index in [4.69, 9.17) is 10.6 Å². The van der Waals surface area contributed by atoms with E-state index in [9.17, 15) is 14.7 Å². The number of carbonyl (C=O) groups is 2. The molecule has 0 aliphatic heterocycles. The minimum absolute atomic E-state index is 0.0593. The number of primary amides is 1. The normalized spacial score (nSPS) is 9.80. The van der Waals surface area contributed by atoms with Crippen LogP contribution in [0.2, 0.25) is 0 Å². The van der Waals surface area contributed by atoms with Crippen LogP contribution >= 0.6 is 0 Å². The zero-order chi connectivity index (χ0) is 14.5. The third-order valence-corrected chi connectivity index (χ3v) is 2.55. The lowest BCUT2D eigenvalue weighted by Gasteiger charge is -2.10. The van der Waals surface area contributed by atoms with Crippen LogP contribution in [0, 0.1) is 0 Å². The Bertz CT molecular complexity index is 655. The highest BCUT2D eigenvalue weighted by molar-refractivity contribution is 5.97. The first-order chi connectivity index (χ1) is 9.59. The van der Waals surface area contributed by atoms with Crippen molar-refractivity contribution in [1.29, 1.82) is 0 Å². The summed E-state index contributed by atoms with van der Waals surface area (Å²) in [5.41, 5.74) is 7.53. The van der Waals surface area contributed by atoms with Crippen LogP contribution < -0.4 is 16.1 Å². The molecule has 0 atom stereocenters. The highest BCUT2D eigenvalue weighted by Crippen LogP contribution is 2.18. The summed E-state index contributed by atoms with van der Waals surface area (Å²) in [6.45, 7) is 0. The maximum atomic E-state index is 11.8. The summed E-state index contributed by atoms with van der Waals surface area (Å²) in [6, 6.07) is 12.2. The molecule has 0 bridgehead atoms. The Morgan fingerprint density at radius 3 is 2.25 bits per heavy atom. The van der Waals surface area contributed by atoms with Gasteiger partial charge in [0.2, 0.25) is 0 Å². The Hall–Kier alpha value is -3.02. The summed E-state index contributed by atoms with van der Waals surface area (Å²) >= 11 is 0. The molecule has 0 aromatic heterocycles. The largest absolute Gasteiger partial charge is 0.507 e. The second-order valence-electron chi connectivity index (χ2n) is 3.91. The van der Waals surface area contributed by atoms with Crippen LogP contribution in [0.15, 0.2) is 48.5 Å². The van der Waals surface area contributed by atoms with E-state index in [-0.39, 0.29) is 22.6 Å². The fourth-order valence-electron chi connectivity index (χ4n) is 1.58. The number of hydrogen-bond acceptors (Lipinski definition) is 4. The van der Waals surface area contributed by atoms with Gasteiger partial charge in [-0.2, -0.15) is 5.48 Å². The molecular weight excluding hydrogens is 260 g/mol. The van der Waals surface area contributed by atoms with Gasteiger partial charge >= 0.3 is 0 Å². The Balaban J connectivity index is 2.12. The van der Waals surface area contributed by atoms with Crippen LogP contribution in [0.5, 0.6) is 11.5 Å². The van der Waals surface area contributed by atoms with Gasteiger partial charge in [0, 0.05) is 0 Å². The maximum Gasteiger partial charge on any atom is 0.287 e. The second-order valence-corrected chi connectivity index (χ2v) is 3.91. The van der Waals surface area contributed by atoms with Crippen LogP contribution in [0.1, 0.15) is 20.7 Å². The molecule has 0 fully saturated rings. The van der Waals surface area contributed by atoms with Crippen molar-refractivity contribution in [2.24, 2.45) is 5.73 Å². The quantitative estimate of drug-likeness (QED) is 0.728. The molecular formula is C14H12N2O4. The minimum Gasteiger partial charge on any atom is -0.507 e. The standard InChI is InChI=1S/C14H12N2O4/c15-13(18)10-6-2-4-8-12(10)20-16-14(19)9-5-1-3-7-11(9)17/h1-8,17H,(H2,15,18)(H,16,19). The molecule has 0 unspecified atom stereocenters. The summed E-state index contributed by atoms with van der Waals surface area (Å²) in [7, 11) is 0. The van der Waals surface area contributed by atoms with Crippen molar-refractivity contribution < 1.29 is 19.5 Å². The number of carbonyl (C=O) groups excluding carboxylic acids is 2. The van der Waals surface area contributed by atoms with Crippen molar-refractivity contribution in [3.8, 4) is 11.5 Å². The molecule has 0 saturated heterocycles. The number of nitrogens with two attached hydrogens (primary N) is 1. The molecule has 102 valence electrons. The van der Waals surface area contributed by atoms with Gasteiger partial charge in [0.1, 0.15) is 5.75 Å². The smallest absolute Gasteiger partial charge is 0.287 e. The molecule has 2 rings (SSSR count). The third-order valence-electron chi connectivity index (χ3n) is 2.55. The van der Waals surface area contributed by atoms with Gasteiger partial charge in [-0.15, -0.1) is 0 Å². The Labute approximate surface area is 114 Å². The van der Waals surface area contributed by atoms with Crippen LogP contribution in [0.4, 0.5) is 0 Å². The van der Waals surface area contributed by atoms with Crippen LogP contribution in [-0.2, 0) is 0 Å². The van der Waals surface area contributed by atoms with E-state index in [0.717, 1.165) is 0 Å². The Morgan fingerprint density at radius 1 is 1.00 bits per heavy atom. The zero-order valence-corrected chi connectivity index (χ0v) is 10.4. The van der Waals surface area contributed by atoms with Gasteiger partial charge < -0.3 is 15.7 Å². The molecule has 6 heteroatoms. The molecule has 0 aliphatic rings. The summed E-state index contributed by atoms with van der Waals surface area (Å²) in [5.74, 6) is -1.35. The van der Waals surface area contributed by atoms with E-state index in [1.807, 2.05) is 0 Å². The van der Waals surface area contributed by atoms with E-state index >= 15 is 0 Å². The van der Waals surface area contributed by atoms with E-state index in [0.29, 0.717) is 0 Å². The molecule has 0 spiro atoms. The number of hydrogen-bond donors (Lipinski definition) is 3. The summed E-state index contributed by atoms with van der Waals surface area (Å²) in [5, 5.41) is 9.53. The molecule has 0 aliphatic carbocycles. The summed E-state index contributed by atoms with van der Waals surface area (Å²) in [4.78, 5) is 28.0. The average Bonchev–Trinajstić information content (AvgIpc) is 2.45. The van der Waals surface area contributed by atoms with E-state index in [1.54, 1.807) is 24.3 Å². The number of phenolic OH excluding ortho intramolecular Hbond substituents is 1. The van der Waals surface area contributed by atoms with Crippen molar-refractivity contribution >= 4 is 11.8 Å². The van der Waals surface area contributed by atoms with Gasteiger partial charge in [-0.1, -0.05) is 24.3 Å². The monoisotopic (exact) mass is 272 g/mol. The van der Waals surface area contributed by atoms with E-state index < -0.39 is 11.8 Å². The average molecular weight is 272 g/mol. The number of amides is 2. The lowest BCUT2D eigenvalue weighted by Crippen LogP contribution is -2.28. The molecule has 0 heterocycles. The first-order valence-electron chi connectivity index (χ1n) is 5.73. The molecule has 6 nitrogen and oxygen atoms in total. The SMILES string of the molecule is NC(=O)c1ccccc1ONC(=O)c1ccccc1O. The van der Waals surface area contributed by atoms with Crippen molar-refractivity contribution in [3.63, 3.8) is 0 Å². The molecule has 2 aromatic rings. The fraction of sp³-hybridized carbons (Fsp3) is 0. The number of rotatable bonds is 4. The van der Waals surface area contributed by atoms with Crippen molar-refractivity contribution in [2.45, 2.75) is 0 Å². The van der Waals surface area contributed by atoms with Gasteiger partial charge in [0.25, 0.3) is 11.8 Å². The molecule has 0 saturated carbocycles. The van der Waals surface area contributed by atoms with Crippen molar-refractivity contribution in [3.05, 3.63) is 59.7 Å². The van der Waals surface area contributed by atoms with Crippen molar-refractivity contribution in [2.75, 3.05) is 0 Å². The maximum absolute atomic E-state index is 11.8. The predicted octanol–water partition coefficient (Wildman–Crippen LogP) is 1.21. The zero-order valence-electron chi connectivity index (χ0n) is 10.4. The van der Waals surface area contributed by atoms with Gasteiger partial charge in [0.15, 0.2) is 5.75 Å². The van der Waals surface area contributed by atoms with E-state index in [1.165, 1.54) is 24.3 Å². The first-order valence-corrected chi connectivity index (χ1v) is 5.73. The van der Waals surface area contributed by atoms with Gasteiger partial charge in [0.05, 0.1) is 11.1 Å². The second kappa shape index (κ2) is 5.75. The first kappa shape index (κ1) is 13.4. The lowest BCUT2D eigenvalue weighted by atomic mass is 10.2. The van der Waals surface area contributed by atoms with Gasteiger partial charge in [-0.3, -0.25) is 9.59 Å². The topological polar surface area (TPSA) is 102 Å². The number of phenols is 1. The van der Waals surface area contributed by atoms with Crippen LogP contribution in [-0.4, -0.2) is 16.9 Å². The number of para-hydroxylation sites is 2. The third kappa shape index (κ3) is 2.86. The lowest BCUT2D eigenvalue weighted by molar-refractivity contribution is 0.0750. The fourth-order valence-corrected chi connectivity index (χ4v) is 1.58. The molecule has 2 aromatic carbocycles. The van der Waals surface area contributed by atoms with Crippen LogP contribution in [0.25, 0.3) is 0 Å². The van der Waals surface area contributed by atoms with Crippen LogP contribution in [0.3, 0.4) is 0 Å². The number of benzene rings is 2. The highest BCUT2D eigenvalue weighted by Gasteiger charge is 2.13. The highest BCUT2D eigenvalue weighted by atomic mass is 16.7. The van der Waals surface area contributed by atoms with E-state index in [2.05, 4.69) is 5.48 Å². The minimum atomic E-state index is -0.669. The molecule has 4 N–H and O–H groups in total. The Morgan fingerprint density at radius 2 is 1.60 bits per heavy atom. The number of nitrogens with one attached hydrogen (secondary N) is 1. The Kier molecular flexibility index (Phi) is 3.85. The predicted molar refractivity (Wildman–Crippen MR) is 71.2 cm³/mol. The molecule has 20 heavy (non-hydrogen) atoms. The van der Waals surface area contributed by atoms with Gasteiger partial charge in [-0.25, -0.2) is 0 Å². The number of hydroxylamine groups is 1. The van der Waals surface area contributed by atoms with Gasteiger partial charge in [-0.05, 0) is 24.3 Å². The summed E-state index contributed by atoms with van der Waals surface area (Å²) < 4.78 is 0. The summed E-state index contributed by atoms with van der Waals surface area (Å²) in [6.07, 6.45) is 0. The van der Waals surface area contributed by atoms with Crippen molar-refractivity contribution in [1.82, 2.24) is 5.48 Å².